The van der Waals surface area contributed by atoms with Gasteiger partial charge in [-0.1, -0.05) is 72.3 Å². The Kier molecular flexibility index (Phi) is 18.0. The van der Waals surface area contributed by atoms with Crippen molar-refractivity contribution in [3.05, 3.63) is 34.9 Å². The van der Waals surface area contributed by atoms with Gasteiger partial charge in [0.15, 0.2) is 37.4 Å². The van der Waals surface area contributed by atoms with Gasteiger partial charge >= 0.3 is 17.9 Å². The molecule has 24 atom stereocenters. The molecule has 8 rings (SSSR count). The molecule has 0 spiro atoms. The smallest absolute Gasteiger partial charge is 0.335 e. The fourth-order valence-corrected chi connectivity index (χ4v) is 16.0. The molecule has 22 heteroatoms. The average Bonchev–Trinajstić information content (AvgIpc) is 1.78. The van der Waals surface area contributed by atoms with Gasteiger partial charge < -0.3 is 93.7 Å². The molecule has 79 heavy (non-hydrogen) atoms. The topological polar surface area (TPSA) is 337 Å². The van der Waals surface area contributed by atoms with E-state index in [0.29, 0.717) is 49.7 Å². The molecule has 22 nitrogen and oxygen atoms in total. The molecule has 0 amide bonds. The first kappa shape index (κ1) is 62.0. The zero-order valence-corrected chi connectivity index (χ0v) is 47.4. The number of rotatable bonds is 14. The third-order valence-corrected chi connectivity index (χ3v) is 21.0. The summed E-state index contributed by atoms with van der Waals surface area (Å²) < 4.78 is 54.8. The number of aliphatic hydroxyl groups excluding tert-OH is 9. The number of aliphatic carboxylic acids is 1. The van der Waals surface area contributed by atoms with Crippen molar-refractivity contribution in [2.45, 2.75) is 226 Å². The number of ether oxygens (including phenoxy) is 9. The lowest BCUT2D eigenvalue weighted by molar-refractivity contribution is -0.401. The van der Waals surface area contributed by atoms with Gasteiger partial charge in [-0.2, -0.15) is 0 Å². The number of carboxylic acid groups (broad SMARTS) is 1. The Labute approximate surface area is 462 Å². The minimum atomic E-state index is -2.06. The van der Waals surface area contributed by atoms with Crippen LogP contribution in [0.15, 0.2) is 34.9 Å². The van der Waals surface area contributed by atoms with Crippen molar-refractivity contribution >= 4 is 17.9 Å². The monoisotopic (exact) mass is 1120 g/mol. The molecule has 8 aliphatic rings. The predicted molar refractivity (Wildman–Crippen MR) is 275 cm³/mol. The normalized spacial score (nSPS) is 47.8. The summed E-state index contributed by atoms with van der Waals surface area (Å²) in [6.07, 6.45) is -17.5. The number of carbonyl (C=O) groups is 3. The van der Waals surface area contributed by atoms with E-state index < -0.39 is 175 Å². The van der Waals surface area contributed by atoms with Crippen LogP contribution in [0.5, 0.6) is 0 Å². The zero-order valence-electron chi connectivity index (χ0n) is 47.4. The van der Waals surface area contributed by atoms with E-state index in [1.807, 2.05) is 13.8 Å². The lowest BCUT2D eigenvalue weighted by atomic mass is 9.33. The maximum atomic E-state index is 13.8. The van der Waals surface area contributed by atoms with Crippen LogP contribution in [0.25, 0.3) is 0 Å². The summed E-state index contributed by atoms with van der Waals surface area (Å²) in [6, 6.07) is 0. The van der Waals surface area contributed by atoms with Crippen LogP contribution in [0.1, 0.15) is 121 Å². The van der Waals surface area contributed by atoms with E-state index >= 15 is 0 Å². The Balaban J connectivity index is 1.12. The van der Waals surface area contributed by atoms with Crippen LogP contribution >= 0.6 is 0 Å². The quantitative estimate of drug-likeness (QED) is 0.0514. The van der Waals surface area contributed by atoms with Gasteiger partial charge in [0.25, 0.3) is 0 Å². The Morgan fingerprint density at radius 3 is 1.92 bits per heavy atom. The second-order valence-corrected chi connectivity index (χ2v) is 25.8. The van der Waals surface area contributed by atoms with Crippen molar-refractivity contribution in [2.75, 3.05) is 26.4 Å². The minimum Gasteiger partial charge on any atom is -0.479 e. The van der Waals surface area contributed by atoms with E-state index in [-0.39, 0.29) is 30.3 Å². The van der Waals surface area contributed by atoms with E-state index in [9.17, 15) is 65.4 Å². The molecule has 10 N–H and O–H groups in total. The highest BCUT2D eigenvalue weighted by atomic mass is 16.8. The van der Waals surface area contributed by atoms with Gasteiger partial charge in [-0.15, -0.1) is 0 Å². The number of hydrogen-bond donors (Lipinski definition) is 10. The predicted octanol–water partition coefficient (Wildman–Crippen LogP) is 1.91. The molecule has 448 valence electrons. The lowest BCUT2D eigenvalue weighted by Gasteiger charge is -2.72. The molecule has 0 aromatic carbocycles. The highest BCUT2D eigenvalue weighted by Gasteiger charge is 2.74. The van der Waals surface area contributed by atoms with E-state index in [4.69, 9.17) is 42.6 Å². The van der Waals surface area contributed by atoms with Crippen LogP contribution < -0.4 is 0 Å². The summed E-state index contributed by atoms with van der Waals surface area (Å²) in [6.45, 7) is 19.2. The number of fused-ring (bicyclic) bond motifs is 7. The fraction of sp³-hybridized carbons (Fsp3) is 0.842. The molecule has 4 saturated carbocycles. The molecular weight excluding hydrogens is 1040 g/mol. The molecule has 5 aliphatic carbocycles. The molecule has 3 saturated heterocycles. The maximum absolute atomic E-state index is 13.8. The van der Waals surface area contributed by atoms with Crippen molar-refractivity contribution in [1.82, 2.24) is 0 Å². The number of carboxylic acids is 1. The number of carbonyl (C=O) groups excluding carboxylic acids is 2. The first-order valence-electron chi connectivity index (χ1n) is 28.0. The second kappa shape index (κ2) is 22.9. The lowest BCUT2D eigenvalue weighted by Crippen LogP contribution is -2.72. The van der Waals surface area contributed by atoms with Crippen molar-refractivity contribution in [3.63, 3.8) is 0 Å². The van der Waals surface area contributed by atoms with Gasteiger partial charge in [-0.25, -0.2) is 14.4 Å². The van der Waals surface area contributed by atoms with E-state index in [1.54, 1.807) is 39.8 Å². The molecule has 9 unspecified atom stereocenters. The highest BCUT2D eigenvalue weighted by molar-refractivity contribution is 5.89. The van der Waals surface area contributed by atoms with Gasteiger partial charge in [0, 0.05) is 16.6 Å². The number of esters is 2. The minimum absolute atomic E-state index is 0.0350. The van der Waals surface area contributed by atoms with Crippen LogP contribution in [0.4, 0.5) is 0 Å². The number of hydrogen-bond acceptors (Lipinski definition) is 21. The van der Waals surface area contributed by atoms with Gasteiger partial charge in [0.2, 0.25) is 0 Å². The second-order valence-electron chi connectivity index (χ2n) is 25.8. The highest BCUT2D eigenvalue weighted by Crippen LogP contribution is 2.76. The SMILES string of the molecule is C/C=C(/C)C(=O)O[C@H]1[C@H](OC(=O)/C(C)=C\C)[C@@]2(CO)C(CC1(C)C)C1=CCC3[C@@]4(C)CC[C@H](O[C@@H]5OC(C(=O)O)[C@@H](O)C(O[C@@H]6O[C@@H](CO)OC[C@@H]6O)C5O[C@@H]5OC(CO)[C@H](O)C(O)C5O)C(C)(C)C4CC[C@@]3(C)[C@]1(C)C[C@H]2O. The van der Waals surface area contributed by atoms with E-state index in [2.05, 4.69) is 40.7 Å². The first-order chi connectivity index (χ1) is 37.0. The summed E-state index contributed by atoms with van der Waals surface area (Å²) in [4.78, 5) is 40.3. The van der Waals surface area contributed by atoms with Crippen LogP contribution in [0.2, 0.25) is 0 Å². The standard InChI is InChI=1S/C57H88O22/c1-12-26(3)47(69)78-44-45(79-48(70)27(4)13-2)57(25-60)29(20-52(44,5)6)28-14-15-33-54(9)18-17-35(53(7,8)32(54)16-19-55(33,10)56(28,11)21-34(57)62)73-51-43(77-50-39(65)38(64)37(63)31(22-58)72-50)41(40(66)42(76-51)46(67)68)75-49-30(61)24-71-36(23-59)74-49/h12-14,29-45,49-51,58-66H,15-25H2,1-11H3,(H,67,68)/b26-12-,27-13-/t29?,30-,31?,32?,33?,34+,35-,36-,37-,38?,39?,40-,41?,42?,43?,44-,45-,49-,50-,51+,54-,55+,56+,57-/m0/s1. The molecule has 3 aliphatic heterocycles. The van der Waals surface area contributed by atoms with Crippen molar-refractivity contribution in [2.24, 2.45) is 50.2 Å². The summed E-state index contributed by atoms with van der Waals surface area (Å²) in [5, 5.41) is 110. The number of aliphatic hydroxyl groups is 9. The Bertz CT molecular complexity index is 2340. The van der Waals surface area contributed by atoms with Gasteiger partial charge in [0.05, 0.1) is 44.1 Å². The maximum Gasteiger partial charge on any atom is 0.335 e. The Morgan fingerprint density at radius 1 is 0.696 bits per heavy atom. The van der Waals surface area contributed by atoms with Crippen LogP contribution in [-0.2, 0) is 57.0 Å². The number of allylic oxidation sites excluding steroid dienone is 4. The van der Waals surface area contributed by atoms with Crippen LogP contribution in [0, 0.1) is 50.2 Å². The molecule has 3 heterocycles. The average molecular weight is 1130 g/mol. The summed E-state index contributed by atoms with van der Waals surface area (Å²) in [5.74, 6) is -3.33. The summed E-state index contributed by atoms with van der Waals surface area (Å²) in [7, 11) is 0. The van der Waals surface area contributed by atoms with Crippen molar-refractivity contribution in [3.8, 4) is 0 Å². The van der Waals surface area contributed by atoms with Crippen LogP contribution in [-0.4, -0.2) is 200 Å². The Morgan fingerprint density at radius 2 is 1.33 bits per heavy atom. The third kappa shape index (κ3) is 10.3. The van der Waals surface area contributed by atoms with Gasteiger partial charge in [-0.3, -0.25) is 0 Å². The fourth-order valence-electron chi connectivity index (χ4n) is 16.0. The molecule has 0 bridgehead atoms. The Hall–Kier alpha value is -3.01. The summed E-state index contributed by atoms with van der Waals surface area (Å²) in [5.41, 5.74) is -2.63. The third-order valence-electron chi connectivity index (χ3n) is 21.0. The van der Waals surface area contributed by atoms with Gasteiger partial charge in [-0.05, 0) is 112 Å². The van der Waals surface area contributed by atoms with Crippen molar-refractivity contribution < 1.29 is 108 Å². The van der Waals surface area contributed by atoms with Crippen molar-refractivity contribution in [1.29, 1.82) is 0 Å². The molecular formula is C57H88O22. The zero-order chi connectivity index (χ0) is 58.3. The van der Waals surface area contributed by atoms with Gasteiger partial charge in [0.1, 0.15) is 54.9 Å². The molecule has 7 fully saturated rings. The first-order valence-corrected chi connectivity index (χ1v) is 28.0. The van der Waals surface area contributed by atoms with Crippen LogP contribution in [0.3, 0.4) is 0 Å². The largest absolute Gasteiger partial charge is 0.479 e. The molecule has 0 aromatic heterocycles. The molecule has 0 aromatic rings. The summed E-state index contributed by atoms with van der Waals surface area (Å²) >= 11 is 0. The van der Waals surface area contributed by atoms with E-state index in [0.717, 1.165) is 5.57 Å². The van der Waals surface area contributed by atoms with E-state index in [1.165, 1.54) is 0 Å². The molecule has 0 radical (unpaired) electrons.